The van der Waals surface area contributed by atoms with Crippen LogP contribution < -0.4 is 19.5 Å². The number of halogens is 2. The van der Waals surface area contributed by atoms with Crippen LogP contribution in [0.4, 0.5) is 8.78 Å². The average Bonchev–Trinajstić information content (AvgIpc) is 2.70. The molecule has 0 aromatic heterocycles. The maximum atomic E-state index is 12.3. The molecule has 7 nitrogen and oxygen atoms in total. The summed E-state index contributed by atoms with van der Waals surface area (Å²) in [5.74, 6) is -0.772. The number of ether oxygens (including phenoxy) is 4. The summed E-state index contributed by atoms with van der Waals surface area (Å²) >= 11 is 0. The number of nitrogens with one attached hydrogen (secondary N) is 1. The van der Waals surface area contributed by atoms with Gasteiger partial charge in [-0.2, -0.15) is 8.78 Å². The Morgan fingerprint density at radius 2 is 1.79 bits per heavy atom. The van der Waals surface area contributed by atoms with E-state index in [9.17, 15) is 18.4 Å². The second-order valence-corrected chi connectivity index (χ2v) is 5.42. The van der Waals surface area contributed by atoms with Crippen LogP contribution in [-0.4, -0.2) is 39.3 Å². The van der Waals surface area contributed by atoms with Crippen molar-refractivity contribution in [2.45, 2.75) is 13.2 Å². The number of benzene rings is 2. The van der Waals surface area contributed by atoms with Gasteiger partial charge in [-0.05, 0) is 29.8 Å². The van der Waals surface area contributed by atoms with Crippen molar-refractivity contribution in [2.75, 3.05) is 20.8 Å². The highest BCUT2D eigenvalue weighted by atomic mass is 19.3. The van der Waals surface area contributed by atoms with Crippen molar-refractivity contribution in [1.82, 2.24) is 5.32 Å². The SMILES string of the molecule is COC(=O)c1ccccc1OCC(=O)NCc1ccc(OC(F)F)c(OC)c1. The maximum Gasteiger partial charge on any atom is 0.387 e. The first-order valence-electron chi connectivity index (χ1n) is 8.13. The van der Waals surface area contributed by atoms with Gasteiger partial charge in [-0.15, -0.1) is 0 Å². The summed E-state index contributed by atoms with van der Waals surface area (Å²) < 4.78 is 44.1. The van der Waals surface area contributed by atoms with Gasteiger partial charge in [-0.3, -0.25) is 4.79 Å². The van der Waals surface area contributed by atoms with Gasteiger partial charge in [-0.25, -0.2) is 4.79 Å². The largest absolute Gasteiger partial charge is 0.493 e. The number of rotatable bonds is 9. The van der Waals surface area contributed by atoms with E-state index in [2.05, 4.69) is 14.8 Å². The van der Waals surface area contributed by atoms with Crippen LogP contribution in [0.5, 0.6) is 17.2 Å². The van der Waals surface area contributed by atoms with Gasteiger partial charge in [-0.1, -0.05) is 18.2 Å². The molecule has 0 aliphatic carbocycles. The number of methoxy groups -OCH3 is 2. The second-order valence-electron chi connectivity index (χ2n) is 5.42. The summed E-state index contributed by atoms with van der Waals surface area (Å²) in [4.78, 5) is 23.7. The smallest absolute Gasteiger partial charge is 0.387 e. The molecular formula is C19H19F2NO6. The number of hydrogen-bond donors (Lipinski definition) is 1. The fourth-order valence-corrected chi connectivity index (χ4v) is 2.28. The van der Waals surface area contributed by atoms with Crippen LogP contribution in [0.25, 0.3) is 0 Å². The summed E-state index contributed by atoms with van der Waals surface area (Å²) in [7, 11) is 2.57. The number of esters is 1. The Labute approximate surface area is 160 Å². The molecule has 0 aliphatic rings. The minimum Gasteiger partial charge on any atom is -0.493 e. The van der Waals surface area contributed by atoms with Crippen molar-refractivity contribution in [1.29, 1.82) is 0 Å². The monoisotopic (exact) mass is 395 g/mol. The normalized spacial score (nSPS) is 10.3. The summed E-state index contributed by atoms with van der Waals surface area (Å²) in [6.07, 6.45) is 0. The molecule has 0 bridgehead atoms. The molecule has 0 atom stereocenters. The van der Waals surface area contributed by atoms with Crippen LogP contribution in [0, 0.1) is 0 Å². The molecule has 150 valence electrons. The molecule has 0 spiro atoms. The number of hydrogen-bond acceptors (Lipinski definition) is 6. The van der Waals surface area contributed by atoms with Gasteiger partial charge >= 0.3 is 12.6 Å². The summed E-state index contributed by atoms with van der Waals surface area (Å²) in [5.41, 5.74) is 0.818. The molecule has 2 aromatic rings. The van der Waals surface area contributed by atoms with Gasteiger partial charge in [0.15, 0.2) is 18.1 Å². The minimum absolute atomic E-state index is 0.102. The van der Waals surface area contributed by atoms with Crippen molar-refractivity contribution in [3.8, 4) is 17.2 Å². The van der Waals surface area contributed by atoms with E-state index in [1.54, 1.807) is 18.2 Å². The van der Waals surface area contributed by atoms with Crippen molar-refractivity contribution in [3.05, 3.63) is 53.6 Å². The van der Waals surface area contributed by atoms with Gasteiger partial charge in [0.05, 0.1) is 14.2 Å². The van der Waals surface area contributed by atoms with Crippen molar-refractivity contribution in [2.24, 2.45) is 0 Å². The fourth-order valence-electron chi connectivity index (χ4n) is 2.28. The third-order valence-electron chi connectivity index (χ3n) is 3.58. The lowest BCUT2D eigenvalue weighted by atomic mass is 10.2. The van der Waals surface area contributed by atoms with Crippen LogP contribution in [-0.2, 0) is 16.1 Å². The van der Waals surface area contributed by atoms with Crippen molar-refractivity contribution < 1.29 is 37.3 Å². The molecular weight excluding hydrogens is 376 g/mol. The topological polar surface area (TPSA) is 83.1 Å². The predicted molar refractivity (Wildman–Crippen MR) is 94.7 cm³/mol. The number of carbonyl (C=O) groups is 2. The lowest BCUT2D eigenvalue weighted by molar-refractivity contribution is -0.123. The third-order valence-corrected chi connectivity index (χ3v) is 3.58. The third kappa shape index (κ3) is 5.83. The first kappa shape index (κ1) is 20.9. The van der Waals surface area contributed by atoms with E-state index in [0.29, 0.717) is 5.56 Å². The molecule has 2 aromatic carbocycles. The molecule has 0 radical (unpaired) electrons. The Kier molecular flexibility index (Phi) is 7.55. The molecule has 9 heteroatoms. The standard InChI is InChI=1S/C19H19F2NO6/c1-25-16-9-12(7-8-15(16)28-19(20)21)10-22-17(23)11-27-14-6-4-3-5-13(14)18(24)26-2/h3-9,19H,10-11H2,1-2H3,(H,22,23). The van der Waals surface area contributed by atoms with E-state index in [4.69, 9.17) is 9.47 Å². The molecule has 1 amide bonds. The van der Waals surface area contributed by atoms with E-state index >= 15 is 0 Å². The van der Waals surface area contributed by atoms with Crippen molar-refractivity contribution >= 4 is 11.9 Å². The Balaban J connectivity index is 1.92. The van der Waals surface area contributed by atoms with Gasteiger partial charge in [0, 0.05) is 6.54 Å². The number of amides is 1. The number of carbonyl (C=O) groups excluding carboxylic acids is 2. The maximum absolute atomic E-state index is 12.3. The van der Waals surface area contributed by atoms with Gasteiger partial charge < -0.3 is 24.3 Å². The lowest BCUT2D eigenvalue weighted by Gasteiger charge is -2.12. The summed E-state index contributed by atoms with van der Waals surface area (Å²) in [6.45, 7) is -3.17. The van der Waals surface area contributed by atoms with Gasteiger partial charge in [0.2, 0.25) is 0 Å². The molecule has 0 heterocycles. The Bertz CT molecular complexity index is 828. The van der Waals surface area contributed by atoms with Crippen LogP contribution in [0.3, 0.4) is 0 Å². The summed E-state index contributed by atoms with van der Waals surface area (Å²) in [6, 6.07) is 10.7. The molecule has 0 fully saturated rings. The van der Waals surface area contributed by atoms with Crippen LogP contribution >= 0.6 is 0 Å². The van der Waals surface area contributed by atoms with E-state index in [1.807, 2.05) is 0 Å². The van der Waals surface area contributed by atoms with E-state index in [0.717, 1.165) is 0 Å². The Morgan fingerprint density at radius 1 is 1.04 bits per heavy atom. The van der Waals surface area contributed by atoms with Crippen LogP contribution in [0.15, 0.2) is 42.5 Å². The zero-order valence-corrected chi connectivity index (χ0v) is 15.2. The lowest BCUT2D eigenvalue weighted by Crippen LogP contribution is -2.28. The molecule has 0 saturated carbocycles. The molecule has 0 saturated heterocycles. The highest BCUT2D eigenvalue weighted by Gasteiger charge is 2.14. The summed E-state index contributed by atoms with van der Waals surface area (Å²) in [5, 5.41) is 2.62. The second kappa shape index (κ2) is 10.1. The zero-order chi connectivity index (χ0) is 20.5. The molecule has 1 N–H and O–H groups in total. The number of alkyl halides is 2. The van der Waals surface area contributed by atoms with E-state index in [1.165, 1.54) is 38.5 Å². The molecule has 28 heavy (non-hydrogen) atoms. The van der Waals surface area contributed by atoms with Crippen LogP contribution in [0.2, 0.25) is 0 Å². The Morgan fingerprint density at radius 3 is 2.46 bits per heavy atom. The molecule has 0 aliphatic heterocycles. The fraction of sp³-hybridized carbons (Fsp3) is 0.263. The molecule has 2 rings (SSSR count). The molecule has 0 unspecified atom stereocenters. The first-order valence-corrected chi connectivity index (χ1v) is 8.13. The van der Waals surface area contributed by atoms with Gasteiger partial charge in [0.1, 0.15) is 11.3 Å². The van der Waals surface area contributed by atoms with Crippen molar-refractivity contribution in [3.63, 3.8) is 0 Å². The van der Waals surface area contributed by atoms with E-state index < -0.39 is 18.5 Å². The Hall–Kier alpha value is -3.36. The minimum atomic E-state index is -2.97. The van der Waals surface area contributed by atoms with Gasteiger partial charge in [0.25, 0.3) is 5.91 Å². The van der Waals surface area contributed by atoms with Crippen LogP contribution in [0.1, 0.15) is 15.9 Å². The highest BCUT2D eigenvalue weighted by molar-refractivity contribution is 5.92. The quantitative estimate of drug-likeness (QED) is 0.658. The zero-order valence-electron chi connectivity index (χ0n) is 15.2. The van der Waals surface area contributed by atoms with E-state index in [-0.39, 0.29) is 36.0 Å². The highest BCUT2D eigenvalue weighted by Crippen LogP contribution is 2.29. The first-order chi connectivity index (χ1) is 13.4. The average molecular weight is 395 g/mol. The number of para-hydroxylation sites is 1. The predicted octanol–water partition coefficient (Wildman–Crippen LogP) is 2.78.